The predicted octanol–water partition coefficient (Wildman–Crippen LogP) is 16.7. The van der Waals surface area contributed by atoms with Gasteiger partial charge >= 0.3 is 0 Å². The first kappa shape index (κ1) is 48.6. The first-order valence-corrected chi connectivity index (χ1v) is 25.6. The standard InChI is InChI=1S/C65H68N2O4/c1-8-10-23-48-31-33-62(53(41-48)55-36-43(3)38-60(64(55)68)66-35-21-13-14-22-45(5)50-25-15-12-16-28-57(50)66)70-46(6)40-47(7)71-63-34-32-49(24-11-9-2)42-54(63)56-37-44(4)39-61(65(56)69)67-58-29-19-17-26-51(58)52-27-18-20-30-59(52)67/h12-22,26-34,36-39,41-42,46-47,68-69H,5,8-11,23-25,35,40H2,1-4,6-7H3/b21-13-,22-14-/t46-,47?/m1/s1. The van der Waals surface area contributed by atoms with E-state index in [0.717, 1.165) is 128 Å². The molecule has 7 aromatic rings. The van der Waals surface area contributed by atoms with Crippen LogP contribution in [-0.2, 0) is 12.8 Å². The van der Waals surface area contributed by atoms with Crippen molar-refractivity contribution in [3.05, 3.63) is 203 Å². The van der Waals surface area contributed by atoms with Crippen LogP contribution in [-0.4, -0.2) is 33.5 Å². The summed E-state index contributed by atoms with van der Waals surface area (Å²) in [5, 5.41) is 27.3. The highest BCUT2D eigenvalue weighted by atomic mass is 16.5. The Hall–Kier alpha value is -7.44. The Morgan fingerprint density at radius 2 is 1.11 bits per heavy atom. The van der Waals surface area contributed by atoms with Crippen molar-refractivity contribution in [1.82, 2.24) is 4.57 Å². The molecule has 0 bridgehead atoms. The average molecular weight is 941 g/mol. The smallest absolute Gasteiger partial charge is 0.147 e. The maximum Gasteiger partial charge on any atom is 0.147 e. The van der Waals surface area contributed by atoms with E-state index in [9.17, 15) is 10.2 Å². The van der Waals surface area contributed by atoms with E-state index >= 15 is 0 Å². The molecule has 0 saturated carbocycles. The number of ether oxygens (including phenoxy) is 2. The Balaban J connectivity index is 1.04. The normalized spacial score (nSPS) is 15.5. The highest BCUT2D eigenvalue weighted by molar-refractivity contribution is 6.09. The highest BCUT2D eigenvalue weighted by Crippen LogP contribution is 2.47. The molecule has 6 aromatic carbocycles. The lowest BCUT2D eigenvalue weighted by Gasteiger charge is -2.29. The molecule has 2 atom stereocenters. The highest BCUT2D eigenvalue weighted by Gasteiger charge is 2.26. The number of phenolic OH excluding ortho intramolecular Hbond substituents is 2. The van der Waals surface area contributed by atoms with Crippen LogP contribution in [0.25, 0.3) is 49.7 Å². The number of para-hydroxylation sites is 2. The van der Waals surface area contributed by atoms with Crippen molar-refractivity contribution < 1.29 is 19.7 Å². The summed E-state index contributed by atoms with van der Waals surface area (Å²) < 4.78 is 16.1. The third-order valence-corrected chi connectivity index (χ3v) is 13.8. The Bertz CT molecular complexity index is 3210. The van der Waals surface area contributed by atoms with E-state index in [1.54, 1.807) is 0 Å². The van der Waals surface area contributed by atoms with Gasteiger partial charge in [-0.25, -0.2) is 0 Å². The fourth-order valence-electron chi connectivity index (χ4n) is 10.3. The second-order valence-corrected chi connectivity index (χ2v) is 19.5. The van der Waals surface area contributed by atoms with Crippen molar-refractivity contribution >= 4 is 27.5 Å². The SMILES string of the molecule is C=C1/C=C\C=C/CN(c2cc(C)cc(-c3cc(CCCC)ccc3O[C@H](C)CC(C)Oc3ccc(CCCC)cc3-c3cc(C)cc(-n4c5ccccc5c5ccccc54)c3O)c2O)C2=C1CC=CC=C2. The van der Waals surface area contributed by atoms with Gasteiger partial charge in [-0.05, 0) is 160 Å². The number of benzene rings is 6. The number of nitrogens with zero attached hydrogens (tertiary/aromatic N) is 2. The molecule has 6 nitrogen and oxygen atoms in total. The summed E-state index contributed by atoms with van der Waals surface area (Å²) >= 11 is 0. The zero-order chi connectivity index (χ0) is 49.6. The van der Waals surface area contributed by atoms with Crippen LogP contribution in [0.4, 0.5) is 5.69 Å². The van der Waals surface area contributed by atoms with Crippen molar-refractivity contribution in [3.63, 3.8) is 0 Å². The van der Waals surface area contributed by atoms with Gasteiger partial charge in [-0.3, -0.25) is 0 Å². The molecular weight excluding hydrogens is 873 g/mol. The number of fused-ring (bicyclic) bond motifs is 3. The van der Waals surface area contributed by atoms with Gasteiger partial charge in [0.1, 0.15) is 23.0 Å². The topological polar surface area (TPSA) is 67.1 Å². The molecule has 0 radical (unpaired) electrons. The molecule has 9 rings (SSSR count). The van der Waals surface area contributed by atoms with Gasteiger partial charge in [-0.15, -0.1) is 0 Å². The van der Waals surface area contributed by atoms with Crippen LogP contribution in [0.2, 0.25) is 0 Å². The molecule has 0 spiro atoms. The lowest BCUT2D eigenvalue weighted by molar-refractivity contribution is 0.131. The third-order valence-electron chi connectivity index (χ3n) is 13.8. The second kappa shape index (κ2) is 21.7. The quantitative estimate of drug-likeness (QED) is 0.101. The molecule has 6 heteroatoms. The van der Waals surface area contributed by atoms with Crippen LogP contribution in [0.15, 0.2) is 181 Å². The van der Waals surface area contributed by atoms with Crippen LogP contribution in [0.1, 0.15) is 88.5 Å². The van der Waals surface area contributed by atoms with Crippen molar-refractivity contribution in [2.24, 2.45) is 0 Å². The molecule has 0 amide bonds. The summed E-state index contributed by atoms with van der Waals surface area (Å²) in [5.74, 6) is 1.84. The van der Waals surface area contributed by atoms with Crippen LogP contribution in [0.3, 0.4) is 0 Å². The van der Waals surface area contributed by atoms with Crippen molar-refractivity contribution in [1.29, 1.82) is 0 Å². The summed E-state index contributed by atoms with van der Waals surface area (Å²) in [6.07, 6.45) is 23.7. The molecule has 362 valence electrons. The molecule has 71 heavy (non-hydrogen) atoms. The van der Waals surface area contributed by atoms with Crippen LogP contribution < -0.4 is 14.4 Å². The lowest BCUT2D eigenvalue weighted by atomic mass is 9.95. The molecule has 1 aromatic heterocycles. The van der Waals surface area contributed by atoms with E-state index in [1.807, 2.05) is 12.2 Å². The number of rotatable bonds is 16. The Morgan fingerprint density at radius 1 is 0.592 bits per heavy atom. The number of anilines is 1. The predicted molar refractivity (Wildman–Crippen MR) is 298 cm³/mol. The van der Waals surface area contributed by atoms with Gasteiger partial charge in [-0.1, -0.05) is 124 Å². The molecular formula is C65H68N2O4. The molecule has 2 aliphatic rings. The Morgan fingerprint density at radius 3 is 1.69 bits per heavy atom. The van der Waals surface area contributed by atoms with E-state index in [0.29, 0.717) is 24.5 Å². The number of aromatic hydroxyl groups is 2. The van der Waals surface area contributed by atoms with Gasteiger partial charge in [0, 0.05) is 51.7 Å². The van der Waals surface area contributed by atoms with E-state index in [4.69, 9.17) is 9.47 Å². The van der Waals surface area contributed by atoms with Crippen molar-refractivity contribution in [3.8, 4) is 50.9 Å². The number of hydrogen-bond acceptors (Lipinski definition) is 5. The Kier molecular flexibility index (Phi) is 14.8. The minimum Gasteiger partial charge on any atom is -0.505 e. The molecule has 2 heterocycles. The van der Waals surface area contributed by atoms with E-state index < -0.39 is 0 Å². The fourth-order valence-corrected chi connectivity index (χ4v) is 10.3. The number of phenols is 2. The minimum atomic E-state index is -0.253. The minimum absolute atomic E-state index is 0.205. The zero-order valence-electron chi connectivity index (χ0n) is 42.3. The summed E-state index contributed by atoms with van der Waals surface area (Å²) in [6, 6.07) is 38.0. The molecule has 1 unspecified atom stereocenters. The third kappa shape index (κ3) is 10.4. The zero-order valence-corrected chi connectivity index (χ0v) is 42.3. The van der Waals surface area contributed by atoms with Gasteiger partial charge < -0.3 is 29.2 Å². The second-order valence-electron chi connectivity index (χ2n) is 19.5. The largest absolute Gasteiger partial charge is 0.505 e. The van der Waals surface area contributed by atoms with Crippen molar-refractivity contribution in [2.75, 3.05) is 11.4 Å². The number of allylic oxidation sites excluding steroid dienone is 9. The van der Waals surface area contributed by atoms with Gasteiger partial charge in [0.2, 0.25) is 0 Å². The van der Waals surface area contributed by atoms with E-state index in [2.05, 4.69) is 203 Å². The Labute approximate surface area is 420 Å². The fraction of sp³-hybridized carbons (Fsp3) is 0.262. The maximum atomic E-state index is 12.5. The number of aromatic nitrogens is 1. The van der Waals surface area contributed by atoms with Crippen molar-refractivity contribution in [2.45, 2.75) is 105 Å². The van der Waals surface area contributed by atoms with Gasteiger partial charge in [0.25, 0.3) is 0 Å². The van der Waals surface area contributed by atoms with Crippen LogP contribution >= 0.6 is 0 Å². The summed E-state index contributed by atoms with van der Waals surface area (Å²) in [5.41, 5.74) is 14.3. The van der Waals surface area contributed by atoms with E-state index in [1.165, 1.54) is 11.1 Å². The monoisotopic (exact) mass is 941 g/mol. The average Bonchev–Trinajstić information content (AvgIpc) is 3.54. The number of hydrogen-bond donors (Lipinski definition) is 2. The first-order chi connectivity index (χ1) is 34.5. The molecule has 2 N–H and O–H groups in total. The van der Waals surface area contributed by atoms with Gasteiger partial charge in [0.05, 0.1) is 34.6 Å². The molecule has 0 saturated heterocycles. The lowest BCUT2D eigenvalue weighted by Crippen LogP contribution is -2.24. The summed E-state index contributed by atoms with van der Waals surface area (Å²) in [6.45, 7) is 17.8. The van der Waals surface area contributed by atoms with Gasteiger partial charge in [-0.2, -0.15) is 0 Å². The molecule has 1 aliphatic heterocycles. The van der Waals surface area contributed by atoms with Gasteiger partial charge in [0.15, 0.2) is 0 Å². The molecule has 1 aliphatic carbocycles. The van der Waals surface area contributed by atoms with Crippen LogP contribution in [0.5, 0.6) is 23.0 Å². The molecule has 0 fully saturated rings. The number of unbranched alkanes of at least 4 members (excludes halogenated alkanes) is 2. The van der Waals surface area contributed by atoms with Crippen LogP contribution in [0, 0.1) is 13.8 Å². The van der Waals surface area contributed by atoms with E-state index in [-0.39, 0.29) is 23.7 Å². The maximum absolute atomic E-state index is 12.5. The number of aryl methyl sites for hydroxylation is 4. The summed E-state index contributed by atoms with van der Waals surface area (Å²) in [4.78, 5) is 2.20. The first-order valence-electron chi connectivity index (χ1n) is 25.6. The summed E-state index contributed by atoms with van der Waals surface area (Å²) in [7, 11) is 0.